The van der Waals surface area contributed by atoms with Crippen molar-refractivity contribution in [1.82, 2.24) is 10.2 Å². The Kier molecular flexibility index (Phi) is 9.87. The van der Waals surface area contributed by atoms with Crippen LogP contribution < -0.4 is 14.8 Å². The van der Waals surface area contributed by atoms with Crippen molar-refractivity contribution in [3.05, 3.63) is 59.7 Å². The van der Waals surface area contributed by atoms with E-state index in [-0.39, 0.29) is 24.0 Å². The molecule has 5 nitrogen and oxygen atoms in total. The van der Waals surface area contributed by atoms with Gasteiger partial charge in [-0.15, -0.1) is 24.0 Å². The van der Waals surface area contributed by atoms with Crippen molar-refractivity contribution in [2.75, 3.05) is 27.8 Å². The van der Waals surface area contributed by atoms with Crippen molar-refractivity contribution in [3.63, 3.8) is 0 Å². The van der Waals surface area contributed by atoms with Gasteiger partial charge in [-0.05, 0) is 30.2 Å². The molecule has 0 saturated heterocycles. The first-order chi connectivity index (χ1) is 12.2. The van der Waals surface area contributed by atoms with E-state index in [2.05, 4.69) is 27.3 Å². The molecule has 0 spiro atoms. The van der Waals surface area contributed by atoms with Crippen LogP contribution in [-0.2, 0) is 13.1 Å². The number of methoxy groups -OCH3 is 1. The van der Waals surface area contributed by atoms with Crippen LogP contribution in [-0.4, -0.2) is 38.7 Å². The van der Waals surface area contributed by atoms with Crippen LogP contribution in [0.4, 0.5) is 0 Å². The smallest absolute Gasteiger partial charge is 0.193 e. The van der Waals surface area contributed by atoms with E-state index >= 15 is 0 Å². The second kappa shape index (κ2) is 11.6. The molecular formula is C20H28IN3O2. The molecule has 142 valence electrons. The Bertz CT molecular complexity index is 693. The lowest BCUT2D eigenvalue weighted by atomic mass is 10.2. The summed E-state index contributed by atoms with van der Waals surface area (Å²) in [6.07, 6.45) is 0. The van der Waals surface area contributed by atoms with Gasteiger partial charge in [0.25, 0.3) is 0 Å². The van der Waals surface area contributed by atoms with Gasteiger partial charge in [-0.25, -0.2) is 0 Å². The van der Waals surface area contributed by atoms with Gasteiger partial charge >= 0.3 is 0 Å². The molecule has 0 aliphatic carbocycles. The van der Waals surface area contributed by atoms with E-state index in [1.54, 1.807) is 14.2 Å². The summed E-state index contributed by atoms with van der Waals surface area (Å²) in [6, 6.07) is 16.3. The largest absolute Gasteiger partial charge is 0.493 e. The van der Waals surface area contributed by atoms with E-state index in [0.717, 1.165) is 29.6 Å². The molecule has 0 fully saturated rings. The Balaban J connectivity index is 0.00000338. The van der Waals surface area contributed by atoms with E-state index in [4.69, 9.17) is 9.47 Å². The summed E-state index contributed by atoms with van der Waals surface area (Å²) in [5.41, 5.74) is 2.36. The molecule has 26 heavy (non-hydrogen) atoms. The van der Waals surface area contributed by atoms with E-state index in [9.17, 15) is 0 Å². The molecule has 0 aliphatic rings. The minimum Gasteiger partial charge on any atom is -0.493 e. The van der Waals surface area contributed by atoms with Crippen LogP contribution in [0.25, 0.3) is 0 Å². The molecule has 2 aromatic rings. The van der Waals surface area contributed by atoms with E-state index < -0.39 is 0 Å². The zero-order chi connectivity index (χ0) is 18.1. The first-order valence-corrected chi connectivity index (χ1v) is 8.43. The lowest BCUT2D eigenvalue weighted by Gasteiger charge is -2.22. The van der Waals surface area contributed by atoms with Crippen molar-refractivity contribution in [2.45, 2.75) is 20.0 Å². The lowest BCUT2D eigenvalue weighted by molar-refractivity contribution is 0.310. The number of benzene rings is 2. The second-order valence-electron chi connectivity index (χ2n) is 5.66. The summed E-state index contributed by atoms with van der Waals surface area (Å²) < 4.78 is 11.0. The average molecular weight is 469 g/mol. The Morgan fingerprint density at radius 2 is 1.81 bits per heavy atom. The third-order valence-corrected chi connectivity index (χ3v) is 3.81. The first kappa shape index (κ1) is 22.1. The third kappa shape index (κ3) is 6.40. The number of halogens is 1. The van der Waals surface area contributed by atoms with Gasteiger partial charge in [0.1, 0.15) is 0 Å². The fourth-order valence-corrected chi connectivity index (χ4v) is 2.60. The summed E-state index contributed by atoms with van der Waals surface area (Å²) >= 11 is 0. The fourth-order valence-electron chi connectivity index (χ4n) is 2.60. The summed E-state index contributed by atoms with van der Waals surface area (Å²) in [5, 5.41) is 3.39. The molecule has 0 aliphatic heterocycles. The van der Waals surface area contributed by atoms with Crippen molar-refractivity contribution in [1.29, 1.82) is 0 Å². The number of aliphatic imine (C=N–C) groups is 1. The molecule has 0 aromatic heterocycles. The highest BCUT2D eigenvalue weighted by atomic mass is 127. The van der Waals surface area contributed by atoms with Crippen LogP contribution in [0.2, 0.25) is 0 Å². The normalized spacial score (nSPS) is 10.7. The maximum Gasteiger partial charge on any atom is 0.193 e. The number of nitrogens with zero attached hydrogens (tertiary/aromatic N) is 2. The zero-order valence-corrected chi connectivity index (χ0v) is 18.2. The molecule has 0 saturated carbocycles. The Hall–Kier alpha value is -1.96. The van der Waals surface area contributed by atoms with Crippen LogP contribution in [0.5, 0.6) is 11.5 Å². The molecule has 0 atom stereocenters. The SMILES string of the molecule is CCOc1cc(CNC(=NC)N(C)Cc2ccccc2)ccc1OC.I. The molecule has 0 heterocycles. The van der Waals surface area contributed by atoms with Crippen LogP contribution in [0, 0.1) is 0 Å². The first-order valence-electron chi connectivity index (χ1n) is 8.43. The minimum absolute atomic E-state index is 0. The van der Waals surface area contributed by atoms with Gasteiger partial charge in [-0.3, -0.25) is 4.99 Å². The Labute approximate surface area is 173 Å². The quantitative estimate of drug-likeness (QED) is 0.380. The monoisotopic (exact) mass is 469 g/mol. The van der Waals surface area contributed by atoms with E-state index in [1.165, 1.54) is 5.56 Å². The molecule has 0 amide bonds. The maximum absolute atomic E-state index is 5.63. The molecule has 0 bridgehead atoms. The number of guanidine groups is 1. The topological polar surface area (TPSA) is 46.1 Å². The summed E-state index contributed by atoms with van der Waals surface area (Å²) in [5.74, 6) is 2.35. The highest BCUT2D eigenvalue weighted by Crippen LogP contribution is 2.27. The highest BCUT2D eigenvalue weighted by Gasteiger charge is 2.09. The van der Waals surface area contributed by atoms with Gasteiger partial charge in [0.15, 0.2) is 17.5 Å². The summed E-state index contributed by atoms with van der Waals surface area (Å²) in [4.78, 5) is 6.47. The van der Waals surface area contributed by atoms with Crippen LogP contribution in [0.3, 0.4) is 0 Å². The van der Waals surface area contributed by atoms with Crippen molar-refractivity contribution in [2.24, 2.45) is 4.99 Å². The standard InChI is InChI=1S/C20H27N3O2.HI/c1-5-25-19-13-17(11-12-18(19)24-4)14-22-20(21-2)23(3)15-16-9-7-6-8-10-16;/h6-13H,5,14-15H2,1-4H3,(H,21,22);1H. The highest BCUT2D eigenvalue weighted by molar-refractivity contribution is 14.0. The van der Waals surface area contributed by atoms with E-state index in [1.807, 2.05) is 50.4 Å². The fraction of sp³-hybridized carbons (Fsp3) is 0.350. The van der Waals surface area contributed by atoms with Crippen molar-refractivity contribution in [3.8, 4) is 11.5 Å². The predicted molar refractivity (Wildman–Crippen MR) is 118 cm³/mol. The number of hydrogen-bond donors (Lipinski definition) is 1. The molecule has 2 aromatic carbocycles. The average Bonchev–Trinajstić information content (AvgIpc) is 2.63. The van der Waals surface area contributed by atoms with Crippen LogP contribution >= 0.6 is 24.0 Å². The van der Waals surface area contributed by atoms with Gasteiger partial charge in [0, 0.05) is 27.2 Å². The van der Waals surface area contributed by atoms with Gasteiger partial charge in [-0.1, -0.05) is 36.4 Å². The number of hydrogen-bond acceptors (Lipinski definition) is 3. The summed E-state index contributed by atoms with van der Waals surface area (Å²) in [6.45, 7) is 4.03. The molecule has 1 N–H and O–H groups in total. The van der Waals surface area contributed by atoms with Gasteiger partial charge in [-0.2, -0.15) is 0 Å². The summed E-state index contributed by atoms with van der Waals surface area (Å²) in [7, 11) is 5.47. The molecular weight excluding hydrogens is 441 g/mol. The Morgan fingerprint density at radius 3 is 2.42 bits per heavy atom. The third-order valence-electron chi connectivity index (χ3n) is 3.81. The Morgan fingerprint density at radius 1 is 1.08 bits per heavy atom. The van der Waals surface area contributed by atoms with Crippen LogP contribution in [0.15, 0.2) is 53.5 Å². The van der Waals surface area contributed by atoms with Crippen molar-refractivity contribution >= 4 is 29.9 Å². The second-order valence-corrected chi connectivity index (χ2v) is 5.66. The number of ether oxygens (including phenoxy) is 2. The van der Waals surface area contributed by atoms with Gasteiger partial charge in [0.2, 0.25) is 0 Å². The predicted octanol–water partition coefficient (Wildman–Crippen LogP) is 3.92. The molecule has 2 rings (SSSR count). The van der Waals surface area contributed by atoms with Crippen LogP contribution in [0.1, 0.15) is 18.1 Å². The minimum atomic E-state index is 0. The van der Waals surface area contributed by atoms with E-state index in [0.29, 0.717) is 13.2 Å². The van der Waals surface area contributed by atoms with Crippen molar-refractivity contribution < 1.29 is 9.47 Å². The lowest BCUT2D eigenvalue weighted by Crippen LogP contribution is -2.38. The molecule has 0 unspecified atom stereocenters. The molecule has 6 heteroatoms. The number of nitrogens with one attached hydrogen (secondary N) is 1. The van der Waals surface area contributed by atoms with Gasteiger partial charge in [0.05, 0.1) is 13.7 Å². The zero-order valence-electron chi connectivity index (χ0n) is 15.9. The maximum atomic E-state index is 5.63. The number of rotatable bonds is 7. The van der Waals surface area contributed by atoms with Gasteiger partial charge < -0.3 is 19.7 Å². The molecule has 0 radical (unpaired) electrons.